The number of furan rings is 1. The van der Waals surface area contributed by atoms with Crippen LogP contribution in [0.5, 0.6) is 11.5 Å². The zero-order valence-electron chi connectivity index (χ0n) is 22.2. The number of imidazole rings is 1. The van der Waals surface area contributed by atoms with Crippen molar-refractivity contribution in [3.8, 4) is 56.9 Å². The molecule has 0 unspecified atom stereocenters. The van der Waals surface area contributed by atoms with Crippen LogP contribution >= 0.6 is 11.6 Å². The molecule has 40 heavy (non-hydrogen) atoms. The lowest BCUT2D eigenvalue weighted by atomic mass is 10.0. The van der Waals surface area contributed by atoms with Crippen LogP contribution in [0.1, 0.15) is 5.56 Å². The van der Waals surface area contributed by atoms with Crippen molar-refractivity contribution in [3.05, 3.63) is 126 Å². The second-order valence-electron chi connectivity index (χ2n) is 9.34. The van der Waals surface area contributed by atoms with Gasteiger partial charge in [0.05, 0.1) is 25.6 Å². The van der Waals surface area contributed by atoms with E-state index in [9.17, 15) is 0 Å². The van der Waals surface area contributed by atoms with E-state index in [1.807, 2.05) is 91.0 Å². The zero-order valence-corrected chi connectivity index (χ0v) is 22.9. The number of hydrogen-bond donors (Lipinski definition) is 0. The number of nitrogens with zero attached hydrogens (tertiary/aromatic N) is 2. The Hall–Kier alpha value is -4.74. The molecule has 0 N–H and O–H groups in total. The monoisotopic (exact) mass is 546 g/mol. The standard InChI is InChI=1S/C34H27ClN2O3/c1-38-28-15-11-24(12-16-28)32-33(25-13-17-29(39-2)18-14-25)37(22-23-7-4-3-5-8-23)34(36-32)31-20-19-30(40-31)26-9-6-10-27(35)21-26/h3-21H,22H2,1-2H3. The molecule has 0 fully saturated rings. The van der Waals surface area contributed by atoms with Crippen LogP contribution in [0.4, 0.5) is 0 Å². The van der Waals surface area contributed by atoms with Crippen LogP contribution in [-0.4, -0.2) is 23.8 Å². The van der Waals surface area contributed by atoms with E-state index < -0.39 is 0 Å². The third-order valence-electron chi connectivity index (χ3n) is 6.81. The summed E-state index contributed by atoms with van der Waals surface area (Å²) in [5.74, 6) is 3.70. The molecule has 0 radical (unpaired) electrons. The van der Waals surface area contributed by atoms with Gasteiger partial charge >= 0.3 is 0 Å². The van der Waals surface area contributed by atoms with Gasteiger partial charge in [-0.2, -0.15) is 0 Å². The number of aromatic nitrogens is 2. The highest BCUT2D eigenvalue weighted by Gasteiger charge is 2.24. The Morgan fingerprint density at radius 1 is 0.675 bits per heavy atom. The highest BCUT2D eigenvalue weighted by atomic mass is 35.5. The number of hydrogen-bond acceptors (Lipinski definition) is 4. The van der Waals surface area contributed by atoms with Gasteiger partial charge in [0, 0.05) is 28.3 Å². The predicted octanol–water partition coefficient (Wildman–Crippen LogP) is 8.86. The van der Waals surface area contributed by atoms with Gasteiger partial charge in [0.15, 0.2) is 11.6 Å². The van der Waals surface area contributed by atoms with Crippen molar-refractivity contribution < 1.29 is 13.9 Å². The van der Waals surface area contributed by atoms with E-state index >= 15 is 0 Å². The third-order valence-corrected chi connectivity index (χ3v) is 7.05. The van der Waals surface area contributed by atoms with Crippen molar-refractivity contribution >= 4 is 11.6 Å². The second-order valence-corrected chi connectivity index (χ2v) is 9.77. The average molecular weight is 547 g/mol. The molecule has 0 bridgehead atoms. The molecule has 0 aliphatic carbocycles. The molecule has 2 heterocycles. The quantitative estimate of drug-likeness (QED) is 0.191. The van der Waals surface area contributed by atoms with Crippen LogP contribution in [0.3, 0.4) is 0 Å². The molecule has 198 valence electrons. The lowest BCUT2D eigenvalue weighted by Gasteiger charge is -2.13. The smallest absolute Gasteiger partial charge is 0.177 e. The van der Waals surface area contributed by atoms with Crippen LogP contribution in [0.15, 0.2) is 120 Å². The van der Waals surface area contributed by atoms with Crippen molar-refractivity contribution in [2.75, 3.05) is 14.2 Å². The van der Waals surface area contributed by atoms with E-state index in [2.05, 4.69) is 28.8 Å². The minimum absolute atomic E-state index is 0.605. The van der Waals surface area contributed by atoms with Gasteiger partial charge in [-0.15, -0.1) is 0 Å². The number of rotatable bonds is 8. The molecule has 6 aromatic rings. The maximum absolute atomic E-state index is 6.42. The fourth-order valence-electron chi connectivity index (χ4n) is 4.81. The van der Waals surface area contributed by atoms with Gasteiger partial charge in [-0.3, -0.25) is 0 Å². The van der Waals surface area contributed by atoms with Crippen LogP contribution in [-0.2, 0) is 6.54 Å². The van der Waals surface area contributed by atoms with Crippen LogP contribution in [0.2, 0.25) is 5.02 Å². The van der Waals surface area contributed by atoms with E-state index in [1.165, 1.54) is 0 Å². The number of ether oxygens (including phenoxy) is 2. The highest BCUT2D eigenvalue weighted by molar-refractivity contribution is 6.30. The van der Waals surface area contributed by atoms with Crippen molar-refractivity contribution in [3.63, 3.8) is 0 Å². The summed E-state index contributed by atoms with van der Waals surface area (Å²) < 4.78 is 19.5. The summed E-state index contributed by atoms with van der Waals surface area (Å²) in [6, 6.07) is 38.0. The van der Waals surface area contributed by atoms with Crippen molar-refractivity contribution in [1.82, 2.24) is 9.55 Å². The molecular formula is C34H27ClN2O3. The summed E-state index contributed by atoms with van der Waals surface area (Å²) in [4.78, 5) is 5.22. The van der Waals surface area contributed by atoms with Gasteiger partial charge in [0.25, 0.3) is 0 Å². The van der Waals surface area contributed by atoms with E-state index in [-0.39, 0.29) is 0 Å². The molecule has 0 aliphatic heterocycles. The molecule has 0 saturated carbocycles. The largest absolute Gasteiger partial charge is 0.497 e. The van der Waals surface area contributed by atoms with E-state index in [0.717, 1.165) is 56.7 Å². The fourth-order valence-corrected chi connectivity index (χ4v) is 5.00. The number of benzene rings is 4. The first kappa shape index (κ1) is 25.5. The van der Waals surface area contributed by atoms with Crippen LogP contribution < -0.4 is 9.47 Å². The maximum atomic E-state index is 6.42. The normalized spacial score (nSPS) is 11.0. The van der Waals surface area contributed by atoms with Gasteiger partial charge in [-0.05, 0) is 78.4 Å². The maximum Gasteiger partial charge on any atom is 0.177 e. The first-order chi connectivity index (χ1) is 19.6. The Balaban J connectivity index is 1.57. The summed E-state index contributed by atoms with van der Waals surface area (Å²) in [7, 11) is 3.34. The van der Waals surface area contributed by atoms with Crippen molar-refractivity contribution in [2.45, 2.75) is 6.54 Å². The molecule has 0 spiro atoms. The van der Waals surface area contributed by atoms with Gasteiger partial charge in [-0.1, -0.05) is 54.1 Å². The molecule has 2 aromatic heterocycles. The Bertz CT molecular complexity index is 1740. The molecule has 0 atom stereocenters. The molecule has 4 aromatic carbocycles. The van der Waals surface area contributed by atoms with E-state index in [0.29, 0.717) is 17.3 Å². The Morgan fingerprint density at radius 2 is 1.32 bits per heavy atom. The first-order valence-electron chi connectivity index (χ1n) is 12.9. The van der Waals surface area contributed by atoms with Crippen LogP contribution in [0.25, 0.3) is 45.4 Å². The van der Waals surface area contributed by atoms with E-state index in [1.54, 1.807) is 14.2 Å². The third kappa shape index (κ3) is 5.12. The highest BCUT2D eigenvalue weighted by Crippen LogP contribution is 2.39. The lowest BCUT2D eigenvalue weighted by Crippen LogP contribution is -2.04. The molecular weight excluding hydrogens is 520 g/mol. The first-order valence-corrected chi connectivity index (χ1v) is 13.3. The van der Waals surface area contributed by atoms with Crippen molar-refractivity contribution in [2.24, 2.45) is 0 Å². The predicted molar refractivity (Wildman–Crippen MR) is 160 cm³/mol. The Kier molecular flexibility index (Phi) is 7.13. The topological polar surface area (TPSA) is 49.4 Å². The summed E-state index contributed by atoms with van der Waals surface area (Å²) in [5.41, 5.74) is 5.88. The second kappa shape index (κ2) is 11.2. The Labute approximate surface area is 238 Å². The number of methoxy groups -OCH3 is 2. The molecule has 0 amide bonds. The van der Waals surface area contributed by atoms with E-state index in [4.69, 9.17) is 30.5 Å². The van der Waals surface area contributed by atoms with Gasteiger partial charge < -0.3 is 18.5 Å². The van der Waals surface area contributed by atoms with Crippen molar-refractivity contribution in [1.29, 1.82) is 0 Å². The minimum Gasteiger partial charge on any atom is -0.497 e. The Morgan fingerprint density at radius 3 is 1.98 bits per heavy atom. The van der Waals surface area contributed by atoms with Gasteiger partial charge in [-0.25, -0.2) is 4.98 Å². The minimum atomic E-state index is 0.605. The zero-order chi connectivity index (χ0) is 27.5. The van der Waals surface area contributed by atoms with Gasteiger partial charge in [0.1, 0.15) is 17.3 Å². The summed E-state index contributed by atoms with van der Waals surface area (Å²) in [6.07, 6.45) is 0. The van der Waals surface area contributed by atoms with Gasteiger partial charge in [0.2, 0.25) is 0 Å². The summed E-state index contributed by atoms with van der Waals surface area (Å²) in [5, 5.41) is 0.657. The average Bonchev–Trinajstić information content (AvgIpc) is 3.63. The summed E-state index contributed by atoms with van der Waals surface area (Å²) in [6.45, 7) is 0.605. The number of halogens is 1. The lowest BCUT2D eigenvalue weighted by molar-refractivity contribution is 0.414. The van der Waals surface area contributed by atoms with Crippen LogP contribution in [0, 0.1) is 0 Å². The SMILES string of the molecule is COc1ccc(-c2nc(-c3ccc(-c4cccc(Cl)c4)o3)n(Cc3ccccc3)c2-c2ccc(OC)cc2)cc1. The molecule has 5 nitrogen and oxygen atoms in total. The molecule has 6 heteroatoms. The molecule has 6 rings (SSSR count). The fraction of sp³-hybridized carbons (Fsp3) is 0.0882. The molecule has 0 aliphatic rings. The molecule has 0 saturated heterocycles. The summed E-state index contributed by atoms with van der Waals surface area (Å²) >= 11 is 6.26.